The molecule has 0 bridgehead atoms. The molecule has 4 amide bonds. The number of carbonyl (C=O) groups excluding carboxylic acids is 2. The molecule has 0 radical (unpaired) electrons. The third-order valence-corrected chi connectivity index (χ3v) is 4.81. The van der Waals surface area contributed by atoms with E-state index in [1.165, 1.54) is 6.42 Å². The molecule has 130 valence electrons. The molecule has 3 rings (SSSR count). The van der Waals surface area contributed by atoms with Crippen molar-refractivity contribution in [1.29, 1.82) is 0 Å². The van der Waals surface area contributed by atoms with Crippen molar-refractivity contribution in [1.82, 2.24) is 14.7 Å². The minimum atomic E-state index is -0.137. The Labute approximate surface area is 147 Å². The Bertz CT molecular complexity index is 579. The lowest BCUT2D eigenvalue weighted by Gasteiger charge is -2.38. The Morgan fingerprint density at radius 1 is 0.792 bits per heavy atom. The van der Waals surface area contributed by atoms with Crippen LogP contribution in [0.1, 0.15) is 19.3 Å². The normalized spacial score (nSPS) is 18.5. The zero-order valence-corrected chi connectivity index (χ0v) is 14.5. The molecular formula is C17H23ClN4O2. The second-order valence-corrected chi connectivity index (χ2v) is 6.68. The number of hydrogen-bond acceptors (Lipinski definition) is 2. The minimum absolute atomic E-state index is 0.118. The molecule has 0 saturated carbocycles. The first-order valence-corrected chi connectivity index (χ1v) is 8.86. The molecule has 1 N–H and O–H groups in total. The number of nitrogens with zero attached hydrogens (tertiary/aromatic N) is 3. The van der Waals surface area contributed by atoms with E-state index in [-0.39, 0.29) is 12.1 Å². The number of nitrogens with one attached hydrogen (secondary N) is 1. The third kappa shape index (κ3) is 4.12. The molecule has 0 spiro atoms. The summed E-state index contributed by atoms with van der Waals surface area (Å²) in [5.41, 5.74) is 0.719. The quantitative estimate of drug-likeness (QED) is 0.846. The highest BCUT2D eigenvalue weighted by Gasteiger charge is 2.27. The molecule has 2 saturated heterocycles. The molecular weight excluding hydrogens is 328 g/mol. The van der Waals surface area contributed by atoms with Crippen LogP contribution in [-0.4, -0.2) is 66.0 Å². The van der Waals surface area contributed by atoms with Crippen molar-refractivity contribution >= 4 is 29.4 Å². The number of amides is 4. The van der Waals surface area contributed by atoms with E-state index in [1.54, 1.807) is 29.2 Å². The maximum atomic E-state index is 12.5. The molecule has 2 heterocycles. The molecule has 0 atom stereocenters. The number of likely N-dealkylation sites (tertiary alicyclic amines) is 1. The van der Waals surface area contributed by atoms with Crippen LogP contribution in [0, 0.1) is 0 Å². The summed E-state index contributed by atoms with van der Waals surface area (Å²) in [6.07, 6.45) is 3.40. The molecule has 0 aliphatic carbocycles. The second kappa shape index (κ2) is 7.75. The zero-order chi connectivity index (χ0) is 16.9. The van der Waals surface area contributed by atoms with E-state index >= 15 is 0 Å². The number of anilines is 1. The molecule has 1 aromatic rings. The summed E-state index contributed by atoms with van der Waals surface area (Å²) < 4.78 is 0. The molecule has 0 aromatic heterocycles. The van der Waals surface area contributed by atoms with Gasteiger partial charge in [-0.2, -0.15) is 0 Å². The standard InChI is InChI=1S/C17H23ClN4O2/c18-14-4-6-15(7-5-14)19-16(23)20-10-12-22(13-11-20)17(24)21-8-2-1-3-9-21/h4-7H,1-3,8-13H2,(H,19,23). The summed E-state index contributed by atoms with van der Waals surface area (Å²) >= 11 is 5.84. The highest BCUT2D eigenvalue weighted by Crippen LogP contribution is 2.16. The largest absolute Gasteiger partial charge is 0.325 e. The van der Waals surface area contributed by atoms with Crippen LogP contribution in [0.25, 0.3) is 0 Å². The van der Waals surface area contributed by atoms with E-state index in [2.05, 4.69) is 5.32 Å². The van der Waals surface area contributed by atoms with E-state index in [1.807, 2.05) is 9.80 Å². The number of benzene rings is 1. The van der Waals surface area contributed by atoms with Gasteiger partial charge in [0.05, 0.1) is 0 Å². The molecule has 6 nitrogen and oxygen atoms in total. The first-order valence-electron chi connectivity index (χ1n) is 8.49. The summed E-state index contributed by atoms with van der Waals surface area (Å²) in [5.74, 6) is 0. The number of carbonyl (C=O) groups is 2. The highest BCUT2D eigenvalue weighted by atomic mass is 35.5. The SMILES string of the molecule is O=C(Nc1ccc(Cl)cc1)N1CCN(C(=O)N2CCCCC2)CC1. The van der Waals surface area contributed by atoms with Gasteiger partial charge in [-0.05, 0) is 43.5 Å². The van der Waals surface area contributed by atoms with Crippen LogP contribution in [0.2, 0.25) is 5.02 Å². The van der Waals surface area contributed by atoms with Gasteiger partial charge >= 0.3 is 12.1 Å². The van der Waals surface area contributed by atoms with Crippen molar-refractivity contribution in [2.24, 2.45) is 0 Å². The van der Waals surface area contributed by atoms with Crippen LogP contribution in [0.15, 0.2) is 24.3 Å². The van der Waals surface area contributed by atoms with Gasteiger partial charge in [0.2, 0.25) is 0 Å². The van der Waals surface area contributed by atoms with Crippen LogP contribution in [0.5, 0.6) is 0 Å². The molecule has 0 unspecified atom stereocenters. The van der Waals surface area contributed by atoms with E-state index in [9.17, 15) is 9.59 Å². The van der Waals surface area contributed by atoms with Crippen LogP contribution in [0.4, 0.5) is 15.3 Å². The van der Waals surface area contributed by atoms with Gasteiger partial charge in [-0.1, -0.05) is 11.6 Å². The molecule has 7 heteroatoms. The highest BCUT2D eigenvalue weighted by molar-refractivity contribution is 6.30. The number of piperidine rings is 1. The first-order chi connectivity index (χ1) is 11.6. The average molecular weight is 351 g/mol. The predicted octanol–water partition coefficient (Wildman–Crippen LogP) is 3.10. The van der Waals surface area contributed by atoms with E-state index < -0.39 is 0 Å². The van der Waals surface area contributed by atoms with E-state index in [4.69, 9.17) is 11.6 Å². The number of hydrogen-bond donors (Lipinski definition) is 1. The van der Waals surface area contributed by atoms with Gasteiger partial charge in [-0.15, -0.1) is 0 Å². The molecule has 2 aliphatic rings. The first kappa shape index (κ1) is 16.9. The van der Waals surface area contributed by atoms with Crippen LogP contribution in [0.3, 0.4) is 0 Å². The average Bonchev–Trinajstić information content (AvgIpc) is 2.64. The van der Waals surface area contributed by atoms with Crippen molar-refractivity contribution in [3.63, 3.8) is 0 Å². The Kier molecular flexibility index (Phi) is 5.45. The van der Waals surface area contributed by atoms with Gasteiger partial charge in [0, 0.05) is 50.0 Å². The lowest BCUT2D eigenvalue weighted by atomic mass is 10.1. The Hall–Kier alpha value is -1.95. The van der Waals surface area contributed by atoms with Crippen molar-refractivity contribution in [3.05, 3.63) is 29.3 Å². The van der Waals surface area contributed by atoms with Gasteiger partial charge in [-0.25, -0.2) is 9.59 Å². The predicted molar refractivity (Wildman–Crippen MR) is 94.4 cm³/mol. The van der Waals surface area contributed by atoms with Gasteiger partial charge in [0.25, 0.3) is 0 Å². The minimum Gasteiger partial charge on any atom is -0.325 e. The summed E-state index contributed by atoms with van der Waals surface area (Å²) in [7, 11) is 0. The number of urea groups is 2. The topological polar surface area (TPSA) is 55.9 Å². The number of halogens is 1. The fourth-order valence-electron chi connectivity index (χ4n) is 3.12. The summed E-state index contributed by atoms with van der Waals surface area (Å²) in [6, 6.07) is 7.01. The Balaban J connectivity index is 1.48. The van der Waals surface area contributed by atoms with Crippen molar-refractivity contribution in [3.8, 4) is 0 Å². The second-order valence-electron chi connectivity index (χ2n) is 6.24. The lowest BCUT2D eigenvalue weighted by Crippen LogP contribution is -2.55. The molecule has 2 fully saturated rings. The summed E-state index contributed by atoms with van der Waals surface area (Å²) in [4.78, 5) is 30.3. The zero-order valence-electron chi connectivity index (χ0n) is 13.7. The van der Waals surface area contributed by atoms with Gasteiger partial charge in [0.15, 0.2) is 0 Å². The summed E-state index contributed by atoms with van der Waals surface area (Å²) in [6.45, 7) is 4.00. The maximum Gasteiger partial charge on any atom is 0.321 e. The van der Waals surface area contributed by atoms with E-state index in [0.717, 1.165) is 31.6 Å². The van der Waals surface area contributed by atoms with Crippen LogP contribution >= 0.6 is 11.6 Å². The lowest BCUT2D eigenvalue weighted by molar-refractivity contribution is 0.116. The van der Waals surface area contributed by atoms with Gasteiger partial charge in [0.1, 0.15) is 0 Å². The summed E-state index contributed by atoms with van der Waals surface area (Å²) in [5, 5.41) is 3.50. The van der Waals surface area contributed by atoms with E-state index in [0.29, 0.717) is 31.2 Å². The molecule has 2 aliphatic heterocycles. The fraction of sp³-hybridized carbons (Fsp3) is 0.529. The van der Waals surface area contributed by atoms with Crippen molar-refractivity contribution in [2.45, 2.75) is 19.3 Å². The van der Waals surface area contributed by atoms with Gasteiger partial charge in [-0.3, -0.25) is 0 Å². The molecule has 1 aromatic carbocycles. The maximum absolute atomic E-state index is 12.5. The number of rotatable bonds is 1. The van der Waals surface area contributed by atoms with Crippen molar-refractivity contribution in [2.75, 3.05) is 44.6 Å². The van der Waals surface area contributed by atoms with Gasteiger partial charge < -0.3 is 20.0 Å². The van der Waals surface area contributed by atoms with Crippen LogP contribution < -0.4 is 5.32 Å². The monoisotopic (exact) mass is 350 g/mol. The third-order valence-electron chi connectivity index (χ3n) is 4.56. The Morgan fingerprint density at radius 3 is 1.96 bits per heavy atom. The molecule has 24 heavy (non-hydrogen) atoms. The Morgan fingerprint density at radius 2 is 1.33 bits per heavy atom. The number of piperazine rings is 1. The fourth-order valence-corrected chi connectivity index (χ4v) is 3.25. The van der Waals surface area contributed by atoms with Crippen molar-refractivity contribution < 1.29 is 9.59 Å². The van der Waals surface area contributed by atoms with Crippen LogP contribution in [-0.2, 0) is 0 Å². The smallest absolute Gasteiger partial charge is 0.321 e.